The Hall–Kier alpha value is -8.34. The van der Waals surface area contributed by atoms with Gasteiger partial charge in [0.25, 0.3) is 11.8 Å². The zero-order chi connectivity index (χ0) is 52.9. The summed E-state index contributed by atoms with van der Waals surface area (Å²) >= 11 is 0. The van der Waals surface area contributed by atoms with Crippen molar-refractivity contribution in [1.29, 1.82) is 0 Å². The van der Waals surface area contributed by atoms with Crippen LogP contribution in [0.4, 0.5) is 17.6 Å². The number of hydrogen-bond acceptors (Lipinski definition) is 14. The predicted molar refractivity (Wildman–Crippen MR) is 249 cm³/mol. The normalized spacial score (nSPS) is 17.2. The number of esters is 1. The summed E-state index contributed by atoms with van der Waals surface area (Å²) in [5.74, 6) is -7.11. The molecule has 8 rings (SSSR count). The molecule has 23 heteroatoms. The lowest BCUT2D eigenvalue weighted by atomic mass is 9.98. The Morgan fingerprint density at radius 2 is 1.12 bits per heavy atom. The molecule has 19 nitrogen and oxygen atoms in total. The fourth-order valence-corrected chi connectivity index (χ4v) is 8.05. The molecule has 2 atom stereocenters. The van der Waals surface area contributed by atoms with E-state index in [1.807, 2.05) is 0 Å². The minimum Gasteiger partial charge on any atom is -0.496 e. The number of methoxy groups -OCH3 is 3. The average molecular weight is 1020 g/mol. The molecule has 0 radical (unpaired) electrons. The van der Waals surface area contributed by atoms with E-state index < -0.39 is 96.2 Å². The lowest BCUT2D eigenvalue weighted by Gasteiger charge is -2.37. The van der Waals surface area contributed by atoms with Gasteiger partial charge in [-0.3, -0.25) is 28.8 Å². The number of carbonyl (C=O) groups is 6. The number of amides is 5. The van der Waals surface area contributed by atoms with Crippen molar-refractivity contribution in [2.75, 3.05) is 67.8 Å². The van der Waals surface area contributed by atoms with Gasteiger partial charge in [0.15, 0.2) is 22.6 Å². The van der Waals surface area contributed by atoms with E-state index in [0.717, 1.165) is 41.2 Å². The van der Waals surface area contributed by atoms with E-state index >= 15 is 0 Å². The molecule has 73 heavy (non-hydrogen) atoms. The molecule has 0 spiro atoms. The van der Waals surface area contributed by atoms with Gasteiger partial charge in [0.1, 0.15) is 72.2 Å². The van der Waals surface area contributed by atoms with E-state index in [1.165, 1.54) is 88.5 Å². The van der Waals surface area contributed by atoms with E-state index in [1.54, 1.807) is 0 Å². The number of aliphatic hydroxyl groups is 1. The fraction of sp³-hybridized carbons (Fsp3) is 0.320. The second-order valence-electron chi connectivity index (χ2n) is 17.0. The van der Waals surface area contributed by atoms with Gasteiger partial charge in [0, 0.05) is 37.8 Å². The highest BCUT2D eigenvalue weighted by atomic mass is 19.1. The van der Waals surface area contributed by atoms with Gasteiger partial charge in [-0.25, -0.2) is 17.6 Å². The monoisotopic (exact) mass is 1020 g/mol. The SMILES string of the molecule is COC(=O)CN1C(=O)c2oc3ccc(F)cc3c2OCC1(C)C(=O)NCc1c(F)cccc1OC.COc1cccc(F)c1CNC(=O)C1(C)COc2c(oc3ccc(F)cc23)C(=O)N1CC(=O)N(C)CCO. The smallest absolute Gasteiger partial charge is 0.325 e. The molecular weight excluding hydrogens is 971 g/mol. The molecule has 0 saturated heterocycles. The van der Waals surface area contributed by atoms with Crippen molar-refractivity contribution in [2.45, 2.75) is 38.0 Å². The fourth-order valence-electron chi connectivity index (χ4n) is 8.05. The molecular formula is C50H49F4N5O14. The third-order valence-corrected chi connectivity index (χ3v) is 12.4. The van der Waals surface area contributed by atoms with Crippen LogP contribution in [0, 0.1) is 23.3 Å². The lowest BCUT2D eigenvalue weighted by molar-refractivity contribution is -0.145. The number of fused-ring (bicyclic) bond motifs is 6. The molecule has 386 valence electrons. The number of carbonyl (C=O) groups excluding carboxylic acids is 6. The number of ether oxygens (including phenoxy) is 5. The van der Waals surface area contributed by atoms with Gasteiger partial charge in [0.05, 0.1) is 38.7 Å². The third kappa shape index (κ3) is 10.4. The van der Waals surface area contributed by atoms with Crippen molar-refractivity contribution in [2.24, 2.45) is 0 Å². The van der Waals surface area contributed by atoms with Gasteiger partial charge in [0.2, 0.25) is 29.2 Å². The summed E-state index contributed by atoms with van der Waals surface area (Å²) in [6, 6.07) is 15.7. The van der Waals surface area contributed by atoms with E-state index in [4.69, 9.17) is 32.5 Å². The summed E-state index contributed by atoms with van der Waals surface area (Å²) in [7, 11) is 5.31. The molecule has 4 aromatic carbocycles. The minimum absolute atomic E-state index is 0.00250. The Bertz CT molecular complexity index is 3130. The molecule has 5 amide bonds. The first-order valence-corrected chi connectivity index (χ1v) is 22.2. The van der Waals surface area contributed by atoms with E-state index in [9.17, 15) is 51.4 Å². The number of aliphatic hydroxyl groups excluding tert-OH is 1. The van der Waals surface area contributed by atoms with Gasteiger partial charge < -0.3 is 63.0 Å². The van der Waals surface area contributed by atoms with Crippen molar-refractivity contribution < 1.29 is 84.0 Å². The van der Waals surface area contributed by atoms with Crippen molar-refractivity contribution in [3.63, 3.8) is 0 Å². The molecule has 2 unspecified atom stereocenters. The van der Waals surface area contributed by atoms with Crippen LogP contribution < -0.4 is 29.6 Å². The van der Waals surface area contributed by atoms with Crippen molar-refractivity contribution >= 4 is 57.4 Å². The lowest BCUT2D eigenvalue weighted by Crippen LogP contribution is -2.63. The molecule has 0 bridgehead atoms. The minimum atomic E-state index is -1.77. The second-order valence-corrected chi connectivity index (χ2v) is 17.0. The van der Waals surface area contributed by atoms with Gasteiger partial charge in [-0.1, -0.05) is 12.1 Å². The standard InChI is InChI=1S/C26H27F2N3O7.C24H22F2N2O7/c1-26(25(35)29-12-17-18(28)5-4-6-19(17)36-3)14-37-22-16-11-15(27)7-8-20(16)38-23(22)24(34)31(26)13-21(33)30(2)9-10-32;1-24(23(31)27-10-15-16(26)5-4-6-17(15)32-2)12-34-20-14-9-13(25)7-8-18(14)35-21(20)22(30)28(24)11-19(29)33-3/h4-8,11,32H,9-10,12-14H2,1-3H3,(H,29,35);4-9H,10-12H2,1-3H3,(H,27,31). The summed E-state index contributed by atoms with van der Waals surface area (Å²) in [6.07, 6.45) is 0. The van der Waals surface area contributed by atoms with Gasteiger partial charge in [-0.05, 0) is 74.5 Å². The van der Waals surface area contributed by atoms with Gasteiger partial charge >= 0.3 is 5.97 Å². The first-order valence-electron chi connectivity index (χ1n) is 22.2. The quantitative estimate of drug-likeness (QED) is 0.0977. The molecule has 6 aromatic rings. The summed E-state index contributed by atoms with van der Waals surface area (Å²) in [5, 5.41) is 14.8. The molecule has 2 aliphatic rings. The Labute approximate surface area is 413 Å². The average Bonchev–Trinajstić information content (AvgIpc) is 3.87. The van der Waals surface area contributed by atoms with Gasteiger partial charge in [-0.2, -0.15) is 0 Å². The number of benzene rings is 4. The van der Waals surface area contributed by atoms with Crippen molar-refractivity contribution in [1.82, 2.24) is 25.3 Å². The number of hydrogen-bond donors (Lipinski definition) is 3. The van der Waals surface area contributed by atoms with E-state index in [-0.39, 0.29) is 93.8 Å². The molecule has 0 saturated carbocycles. The van der Waals surface area contributed by atoms with Crippen LogP contribution in [-0.4, -0.2) is 134 Å². The van der Waals surface area contributed by atoms with E-state index in [0.29, 0.717) is 0 Å². The van der Waals surface area contributed by atoms with Crippen LogP contribution in [0.25, 0.3) is 21.9 Å². The van der Waals surface area contributed by atoms with Crippen LogP contribution in [0.5, 0.6) is 23.0 Å². The Kier molecular flexibility index (Phi) is 15.5. The van der Waals surface area contributed by atoms with Crippen LogP contribution in [0.3, 0.4) is 0 Å². The van der Waals surface area contributed by atoms with Crippen LogP contribution in [0.2, 0.25) is 0 Å². The van der Waals surface area contributed by atoms with Crippen LogP contribution in [-0.2, 0) is 37.0 Å². The predicted octanol–water partition coefficient (Wildman–Crippen LogP) is 4.88. The summed E-state index contributed by atoms with van der Waals surface area (Å²) in [6.45, 7) is -0.0493. The first-order chi connectivity index (χ1) is 34.8. The highest BCUT2D eigenvalue weighted by Crippen LogP contribution is 2.41. The first kappa shape index (κ1) is 52.5. The zero-order valence-electron chi connectivity index (χ0n) is 40.2. The van der Waals surface area contributed by atoms with Crippen LogP contribution in [0.15, 0.2) is 81.6 Å². The molecule has 4 heterocycles. The highest BCUT2D eigenvalue weighted by molar-refractivity contribution is 6.07. The zero-order valence-corrected chi connectivity index (χ0v) is 40.2. The van der Waals surface area contributed by atoms with Gasteiger partial charge in [-0.15, -0.1) is 0 Å². The van der Waals surface area contributed by atoms with Crippen molar-refractivity contribution in [3.05, 3.63) is 119 Å². The Morgan fingerprint density at radius 1 is 0.685 bits per heavy atom. The molecule has 2 aromatic heterocycles. The maximum Gasteiger partial charge on any atom is 0.325 e. The summed E-state index contributed by atoms with van der Waals surface area (Å²) in [5.41, 5.74) is -2.94. The second kappa shape index (κ2) is 21.6. The number of likely N-dealkylation sites (N-methyl/N-ethyl adjacent to an activating group) is 1. The molecule has 3 N–H and O–H groups in total. The topological polar surface area (TPSA) is 229 Å². The number of halogens is 4. The molecule has 0 aliphatic carbocycles. The molecule has 2 aliphatic heterocycles. The number of rotatable bonds is 14. The maximum atomic E-state index is 14.4. The number of nitrogens with zero attached hydrogens (tertiary/aromatic N) is 3. The highest BCUT2D eigenvalue weighted by Gasteiger charge is 2.50. The number of nitrogens with one attached hydrogen (secondary N) is 2. The van der Waals surface area contributed by atoms with Crippen LogP contribution in [0.1, 0.15) is 46.1 Å². The Balaban J connectivity index is 0.000000214. The Morgan fingerprint density at radius 3 is 1.53 bits per heavy atom. The van der Waals surface area contributed by atoms with Crippen molar-refractivity contribution in [3.8, 4) is 23.0 Å². The molecule has 0 fully saturated rings. The maximum absolute atomic E-state index is 14.4. The summed E-state index contributed by atoms with van der Waals surface area (Å²) < 4.78 is 94.5. The third-order valence-electron chi connectivity index (χ3n) is 12.4. The summed E-state index contributed by atoms with van der Waals surface area (Å²) in [4.78, 5) is 82.4. The largest absolute Gasteiger partial charge is 0.496 e. The van der Waals surface area contributed by atoms with Crippen LogP contribution >= 0.6 is 0 Å². The van der Waals surface area contributed by atoms with E-state index in [2.05, 4.69) is 10.6 Å². The number of furan rings is 2.